The highest BCUT2D eigenvalue weighted by molar-refractivity contribution is 5.97. The maximum absolute atomic E-state index is 12.5. The van der Waals surface area contributed by atoms with E-state index >= 15 is 0 Å². The first-order valence-corrected chi connectivity index (χ1v) is 7.35. The smallest absolute Gasteiger partial charge is 0.254 e. The van der Waals surface area contributed by atoms with Gasteiger partial charge >= 0.3 is 0 Å². The van der Waals surface area contributed by atoms with E-state index < -0.39 is 0 Å². The van der Waals surface area contributed by atoms with Crippen molar-refractivity contribution in [1.29, 1.82) is 0 Å². The summed E-state index contributed by atoms with van der Waals surface area (Å²) >= 11 is 0. The van der Waals surface area contributed by atoms with Crippen LogP contribution in [0.1, 0.15) is 30.6 Å². The number of rotatable bonds is 4. The largest absolute Gasteiger partial charge is 0.493 e. The van der Waals surface area contributed by atoms with Crippen LogP contribution in [0.3, 0.4) is 0 Å². The zero-order chi connectivity index (χ0) is 15.2. The highest BCUT2D eigenvalue weighted by Gasteiger charge is 2.21. The molecule has 1 aromatic carbocycles. The maximum Gasteiger partial charge on any atom is 0.254 e. The molecule has 1 aliphatic heterocycles. The van der Waals surface area contributed by atoms with Gasteiger partial charge in [-0.1, -0.05) is 19.9 Å². The van der Waals surface area contributed by atoms with E-state index in [1.807, 2.05) is 6.07 Å². The quantitative estimate of drug-likeness (QED) is 0.918. The average Bonchev–Trinajstić information content (AvgIpc) is 2.69. The molecule has 1 N–H and O–H groups in total. The number of nitrogens with zero attached hydrogens (tertiary/aromatic N) is 1. The number of ether oxygens (including phenoxy) is 1. The number of hydrogen-bond acceptors (Lipinski definition) is 3. The van der Waals surface area contributed by atoms with Gasteiger partial charge in [-0.2, -0.15) is 0 Å². The van der Waals surface area contributed by atoms with Crippen molar-refractivity contribution in [1.82, 2.24) is 10.2 Å². The molecule has 1 saturated heterocycles. The van der Waals surface area contributed by atoms with Gasteiger partial charge in [-0.3, -0.25) is 9.59 Å². The van der Waals surface area contributed by atoms with Crippen LogP contribution >= 0.6 is 0 Å². The zero-order valence-corrected chi connectivity index (χ0v) is 12.6. The minimum Gasteiger partial charge on any atom is -0.493 e. The van der Waals surface area contributed by atoms with Crippen LogP contribution in [0.5, 0.6) is 5.75 Å². The first-order chi connectivity index (χ1) is 10.1. The van der Waals surface area contributed by atoms with Gasteiger partial charge in [-0.15, -0.1) is 0 Å². The third-order valence-electron chi connectivity index (χ3n) is 3.21. The molecule has 0 bridgehead atoms. The topological polar surface area (TPSA) is 58.6 Å². The number of carbonyl (C=O) groups excluding carboxylic acids is 2. The fourth-order valence-corrected chi connectivity index (χ4v) is 2.14. The van der Waals surface area contributed by atoms with Crippen molar-refractivity contribution in [3.8, 4) is 5.75 Å². The van der Waals surface area contributed by atoms with Crippen molar-refractivity contribution in [3.63, 3.8) is 0 Å². The van der Waals surface area contributed by atoms with E-state index in [1.165, 1.54) is 0 Å². The van der Waals surface area contributed by atoms with Gasteiger partial charge in [-0.25, -0.2) is 0 Å². The third kappa shape index (κ3) is 4.48. The van der Waals surface area contributed by atoms with Gasteiger partial charge in [0.15, 0.2) is 0 Å². The number of hydrogen-bond donors (Lipinski definition) is 1. The molecular weight excluding hydrogens is 268 g/mol. The van der Waals surface area contributed by atoms with Crippen molar-refractivity contribution < 1.29 is 14.3 Å². The van der Waals surface area contributed by atoms with E-state index in [0.29, 0.717) is 36.9 Å². The van der Waals surface area contributed by atoms with Gasteiger partial charge in [0.1, 0.15) is 5.75 Å². The Morgan fingerprint density at radius 1 is 1.43 bits per heavy atom. The molecule has 1 heterocycles. The predicted molar refractivity (Wildman–Crippen MR) is 80.3 cm³/mol. The van der Waals surface area contributed by atoms with Crippen LogP contribution in [-0.2, 0) is 4.79 Å². The van der Waals surface area contributed by atoms with Gasteiger partial charge in [0, 0.05) is 18.7 Å². The summed E-state index contributed by atoms with van der Waals surface area (Å²) in [7, 11) is 0. The molecule has 21 heavy (non-hydrogen) atoms. The van der Waals surface area contributed by atoms with E-state index in [9.17, 15) is 9.59 Å². The van der Waals surface area contributed by atoms with Gasteiger partial charge in [-0.05, 0) is 30.5 Å². The van der Waals surface area contributed by atoms with Crippen molar-refractivity contribution in [2.45, 2.75) is 20.3 Å². The van der Waals surface area contributed by atoms with Crippen LogP contribution in [0.2, 0.25) is 0 Å². The summed E-state index contributed by atoms with van der Waals surface area (Å²) in [5.74, 6) is 0.891. The second-order valence-electron chi connectivity index (χ2n) is 5.66. The summed E-state index contributed by atoms with van der Waals surface area (Å²) in [5, 5.41) is 2.77. The summed E-state index contributed by atoms with van der Waals surface area (Å²) in [4.78, 5) is 25.6. The first kappa shape index (κ1) is 15.4. The van der Waals surface area contributed by atoms with Crippen LogP contribution in [0.4, 0.5) is 0 Å². The van der Waals surface area contributed by atoms with Crippen LogP contribution in [-0.4, -0.2) is 43.0 Å². The van der Waals surface area contributed by atoms with Crippen molar-refractivity contribution >= 4 is 11.8 Å². The van der Waals surface area contributed by atoms with Crippen LogP contribution in [0, 0.1) is 5.92 Å². The molecule has 5 heteroatoms. The van der Waals surface area contributed by atoms with Crippen LogP contribution < -0.4 is 10.1 Å². The molecule has 0 aliphatic carbocycles. The summed E-state index contributed by atoms with van der Waals surface area (Å²) < 4.78 is 5.64. The minimum absolute atomic E-state index is 0.104. The number of benzene rings is 1. The molecule has 114 valence electrons. The van der Waals surface area contributed by atoms with Crippen molar-refractivity contribution in [2.24, 2.45) is 5.92 Å². The molecule has 0 unspecified atom stereocenters. The SMILES string of the molecule is CC(C)COc1cccc(C(=O)N2CCCNC(=O)C2)c1. The molecule has 5 nitrogen and oxygen atoms in total. The standard InChI is InChI=1S/C16H22N2O3/c1-12(2)11-21-14-6-3-5-13(9-14)16(20)18-8-4-7-17-15(19)10-18/h3,5-6,9,12H,4,7-8,10-11H2,1-2H3,(H,17,19). The molecule has 1 aliphatic rings. The second kappa shape index (κ2) is 7.11. The van der Waals surface area contributed by atoms with Gasteiger partial charge in [0.25, 0.3) is 5.91 Å². The maximum atomic E-state index is 12.5. The van der Waals surface area contributed by atoms with Crippen molar-refractivity contribution in [3.05, 3.63) is 29.8 Å². The fraction of sp³-hybridized carbons (Fsp3) is 0.500. The molecule has 0 aromatic heterocycles. The average molecular weight is 290 g/mol. The Hall–Kier alpha value is -2.04. The van der Waals surface area contributed by atoms with Crippen molar-refractivity contribution in [2.75, 3.05) is 26.2 Å². The normalized spacial score (nSPS) is 15.6. The molecule has 0 spiro atoms. The van der Waals surface area contributed by atoms with E-state index in [0.717, 1.165) is 6.42 Å². The summed E-state index contributed by atoms with van der Waals surface area (Å²) in [6.07, 6.45) is 0.779. The highest BCUT2D eigenvalue weighted by Crippen LogP contribution is 2.16. The number of amides is 2. The Morgan fingerprint density at radius 2 is 2.24 bits per heavy atom. The Labute approximate surface area is 125 Å². The summed E-state index contributed by atoms with van der Waals surface area (Å²) in [6.45, 7) is 6.10. The highest BCUT2D eigenvalue weighted by atomic mass is 16.5. The molecule has 1 aromatic rings. The molecule has 0 atom stereocenters. The lowest BCUT2D eigenvalue weighted by Crippen LogP contribution is -2.37. The zero-order valence-electron chi connectivity index (χ0n) is 12.6. The van der Waals surface area contributed by atoms with Gasteiger partial charge in [0.2, 0.25) is 5.91 Å². The van der Waals surface area contributed by atoms with E-state index in [1.54, 1.807) is 23.1 Å². The van der Waals surface area contributed by atoms with Gasteiger partial charge in [0.05, 0.1) is 13.2 Å². The van der Waals surface area contributed by atoms with E-state index in [4.69, 9.17) is 4.74 Å². The summed E-state index contributed by atoms with van der Waals surface area (Å²) in [6, 6.07) is 7.15. The molecule has 0 radical (unpaired) electrons. The lowest BCUT2D eigenvalue weighted by atomic mass is 10.1. The van der Waals surface area contributed by atoms with E-state index in [-0.39, 0.29) is 18.4 Å². The Bertz CT molecular complexity index is 514. The molecule has 0 saturated carbocycles. The fourth-order valence-electron chi connectivity index (χ4n) is 2.14. The lowest BCUT2D eigenvalue weighted by Gasteiger charge is -2.19. The third-order valence-corrected chi connectivity index (χ3v) is 3.21. The molecule has 2 rings (SSSR count). The minimum atomic E-state index is -0.123. The number of carbonyl (C=O) groups is 2. The van der Waals surface area contributed by atoms with Crippen LogP contribution in [0.25, 0.3) is 0 Å². The first-order valence-electron chi connectivity index (χ1n) is 7.35. The van der Waals surface area contributed by atoms with E-state index in [2.05, 4.69) is 19.2 Å². The van der Waals surface area contributed by atoms with Crippen LogP contribution in [0.15, 0.2) is 24.3 Å². The second-order valence-corrected chi connectivity index (χ2v) is 5.66. The van der Waals surface area contributed by atoms with Gasteiger partial charge < -0.3 is 15.0 Å². The monoisotopic (exact) mass is 290 g/mol. The predicted octanol–water partition coefficient (Wildman–Crippen LogP) is 1.68. The lowest BCUT2D eigenvalue weighted by molar-refractivity contribution is -0.121. The number of nitrogens with one attached hydrogen (secondary N) is 1. The molecular formula is C16H22N2O3. The Balaban J connectivity index is 2.07. The molecule has 1 fully saturated rings. The molecule has 2 amide bonds. The summed E-state index contributed by atoms with van der Waals surface area (Å²) in [5.41, 5.74) is 0.561. The Morgan fingerprint density at radius 3 is 3.00 bits per heavy atom. The Kier molecular flexibility index (Phi) is 5.20.